The van der Waals surface area contributed by atoms with Crippen molar-refractivity contribution in [3.63, 3.8) is 0 Å². The molecular formula is C12H15FN2O2. The fraction of sp³-hybridized carbons (Fsp3) is 0.500. The first-order valence-corrected chi connectivity index (χ1v) is 5.54. The van der Waals surface area contributed by atoms with Gasteiger partial charge in [-0.2, -0.15) is 4.39 Å². The van der Waals surface area contributed by atoms with Gasteiger partial charge in [-0.15, -0.1) is 0 Å². The van der Waals surface area contributed by atoms with E-state index >= 15 is 0 Å². The first-order chi connectivity index (χ1) is 7.91. The van der Waals surface area contributed by atoms with E-state index in [1.54, 1.807) is 6.07 Å². The average molecular weight is 238 g/mol. The Bertz CT molecular complexity index is 474. The summed E-state index contributed by atoms with van der Waals surface area (Å²) >= 11 is 0. The van der Waals surface area contributed by atoms with Crippen LogP contribution in [-0.4, -0.2) is 11.5 Å². The first kappa shape index (κ1) is 12.0. The van der Waals surface area contributed by atoms with E-state index in [9.17, 15) is 14.5 Å². The Morgan fingerprint density at radius 2 is 2.18 bits per heavy atom. The van der Waals surface area contributed by atoms with Gasteiger partial charge in [-0.3, -0.25) is 10.1 Å². The lowest BCUT2D eigenvalue weighted by atomic mass is 10.0. The zero-order valence-corrected chi connectivity index (χ0v) is 9.81. The number of hydrogen-bond acceptors (Lipinski definition) is 3. The van der Waals surface area contributed by atoms with Crippen molar-refractivity contribution in [2.24, 2.45) is 17.1 Å². The van der Waals surface area contributed by atoms with Gasteiger partial charge in [0.05, 0.1) is 4.92 Å². The third-order valence-corrected chi connectivity index (χ3v) is 3.84. The molecule has 1 aliphatic rings. The molecule has 17 heavy (non-hydrogen) atoms. The number of rotatable bonds is 3. The minimum absolute atomic E-state index is 0.0209. The van der Waals surface area contributed by atoms with Crippen molar-refractivity contribution in [1.29, 1.82) is 0 Å². The van der Waals surface area contributed by atoms with Gasteiger partial charge in [-0.1, -0.05) is 26.0 Å². The van der Waals surface area contributed by atoms with E-state index in [4.69, 9.17) is 5.73 Å². The Morgan fingerprint density at radius 1 is 1.53 bits per heavy atom. The number of hydrogen-bond donors (Lipinski definition) is 1. The highest BCUT2D eigenvalue weighted by atomic mass is 19.1. The third-order valence-electron chi connectivity index (χ3n) is 3.84. The smallest absolute Gasteiger partial charge is 0.305 e. The summed E-state index contributed by atoms with van der Waals surface area (Å²) in [4.78, 5) is 9.98. The van der Waals surface area contributed by atoms with Crippen LogP contribution in [0.2, 0.25) is 0 Å². The van der Waals surface area contributed by atoms with Gasteiger partial charge in [0.25, 0.3) is 0 Å². The molecule has 1 fully saturated rings. The van der Waals surface area contributed by atoms with Gasteiger partial charge >= 0.3 is 5.69 Å². The Labute approximate surface area is 98.8 Å². The van der Waals surface area contributed by atoms with Crippen molar-refractivity contribution in [1.82, 2.24) is 0 Å². The van der Waals surface area contributed by atoms with Crippen molar-refractivity contribution >= 4 is 5.69 Å². The first-order valence-electron chi connectivity index (χ1n) is 5.54. The molecule has 4 nitrogen and oxygen atoms in total. The quantitative estimate of drug-likeness (QED) is 0.649. The SMILES string of the molecule is CC1(C)[C@H](CN)[C@H]1c1cccc([N+](=O)[O-])c1F. The van der Waals surface area contributed by atoms with Gasteiger partial charge in [0, 0.05) is 6.07 Å². The summed E-state index contributed by atoms with van der Waals surface area (Å²) < 4.78 is 14.0. The second-order valence-electron chi connectivity index (χ2n) is 5.08. The summed E-state index contributed by atoms with van der Waals surface area (Å²) in [5.41, 5.74) is 5.51. The van der Waals surface area contributed by atoms with Gasteiger partial charge in [-0.05, 0) is 29.4 Å². The van der Waals surface area contributed by atoms with Gasteiger partial charge in [-0.25, -0.2) is 0 Å². The van der Waals surface area contributed by atoms with Crippen LogP contribution >= 0.6 is 0 Å². The molecule has 0 bridgehead atoms. The van der Waals surface area contributed by atoms with E-state index in [-0.39, 0.29) is 17.3 Å². The molecule has 1 saturated carbocycles. The van der Waals surface area contributed by atoms with Gasteiger partial charge < -0.3 is 5.73 Å². The molecule has 0 amide bonds. The highest BCUT2D eigenvalue weighted by Gasteiger charge is 2.58. The third kappa shape index (κ3) is 1.70. The molecule has 0 unspecified atom stereocenters. The van der Waals surface area contributed by atoms with Crippen molar-refractivity contribution in [3.8, 4) is 0 Å². The maximum Gasteiger partial charge on any atom is 0.305 e. The van der Waals surface area contributed by atoms with E-state index in [2.05, 4.69) is 0 Å². The van der Waals surface area contributed by atoms with E-state index in [1.807, 2.05) is 13.8 Å². The number of nitrogens with zero attached hydrogens (tertiary/aromatic N) is 1. The largest absolute Gasteiger partial charge is 0.330 e. The molecule has 0 aromatic heterocycles. The molecule has 1 aromatic rings. The van der Waals surface area contributed by atoms with Crippen LogP contribution in [0.4, 0.5) is 10.1 Å². The van der Waals surface area contributed by atoms with Crippen LogP contribution in [0, 0.1) is 27.3 Å². The van der Waals surface area contributed by atoms with Crippen LogP contribution in [0.5, 0.6) is 0 Å². The number of benzene rings is 1. The second kappa shape index (κ2) is 3.77. The summed E-state index contributed by atoms with van der Waals surface area (Å²) in [6.07, 6.45) is 0. The Balaban J connectivity index is 2.42. The number of nitrogens with two attached hydrogens (primary N) is 1. The molecule has 2 N–H and O–H groups in total. The Morgan fingerprint density at radius 3 is 2.65 bits per heavy atom. The molecule has 92 valence electrons. The van der Waals surface area contributed by atoms with Gasteiger partial charge in [0.2, 0.25) is 5.82 Å². The van der Waals surface area contributed by atoms with E-state index < -0.39 is 16.4 Å². The predicted octanol–water partition coefficient (Wildman–Crippen LogP) is 2.43. The summed E-state index contributed by atoms with van der Waals surface area (Å²) in [6.45, 7) is 4.49. The predicted molar refractivity (Wildman–Crippen MR) is 62.1 cm³/mol. The lowest BCUT2D eigenvalue weighted by molar-refractivity contribution is -0.387. The molecule has 0 saturated heterocycles. The fourth-order valence-corrected chi connectivity index (χ4v) is 2.72. The van der Waals surface area contributed by atoms with Crippen molar-refractivity contribution in [2.45, 2.75) is 19.8 Å². The summed E-state index contributed by atoms with van der Waals surface area (Å²) in [5, 5.41) is 10.7. The molecule has 0 heterocycles. The number of halogens is 1. The molecule has 2 rings (SSSR count). The molecular weight excluding hydrogens is 223 g/mol. The zero-order chi connectivity index (χ0) is 12.8. The monoisotopic (exact) mass is 238 g/mol. The van der Waals surface area contributed by atoms with Crippen LogP contribution in [0.1, 0.15) is 25.3 Å². The maximum absolute atomic E-state index is 14.0. The average Bonchev–Trinajstić information content (AvgIpc) is 2.80. The van der Waals surface area contributed by atoms with Gasteiger partial charge in [0.15, 0.2) is 0 Å². The number of nitro groups is 1. The summed E-state index contributed by atoms with van der Waals surface area (Å²) in [7, 11) is 0. The van der Waals surface area contributed by atoms with E-state index in [1.165, 1.54) is 12.1 Å². The minimum Gasteiger partial charge on any atom is -0.330 e. The molecule has 5 heteroatoms. The highest BCUT2D eigenvalue weighted by Crippen LogP contribution is 2.64. The summed E-state index contributed by atoms with van der Waals surface area (Å²) in [6, 6.07) is 4.33. The van der Waals surface area contributed by atoms with Crippen LogP contribution in [0.25, 0.3) is 0 Å². The molecule has 0 radical (unpaired) electrons. The van der Waals surface area contributed by atoms with Gasteiger partial charge in [0.1, 0.15) is 0 Å². The normalized spacial score (nSPS) is 25.6. The topological polar surface area (TPSA) is 69.2 Å². The molecule has 1 aromatic carbocycles. The maximum atomic E-state index is 14.0. The van der Waals surface area contributed by atoms with Crippen molar-refractivity contribution < 1.29 is 9.31 Å². The molecule has 1 aliphatic carbocycles. The fourth-order valence-electron chi connectivity index (χ4n) is 2.72. The zero-order valence-electron chi connectivity index (χ0n) is 9.81. The van der Waals surface area contributed by atoms with E-state index in [0.717, 1.165) is 0 Å². The Hall–Kier alpha value is -1.49. The van der Waals surface area contributed by atoms with Crippen LogP contribution in [0.15, 0.2) is 18.2 Å². The van der Waals surface area contributed by atoms with Crippen LogP contribution in [0.3, 0.4) is 0 Å². The summed E-state index contributed by atoms with van der Waals surface area (Å²) in [5.74, 6) is -0.544. The van der Waals surface area contributed by atoms with Crippen molar-refractivity contribution in [3.05, 3.63) is 39.7 Å². The second-order valence-corrected chi connectivity index (χ2v) is 5.08. The lowest BCUT2D eigenvalue weighted by Crippen LogP contribution is -2.05. The lowest BCUT2D eigenvalue weighted by Gasteiger charge is -2.04. The van der Waals surface area contributed by atoms with Crippen LogP contribution in [-0.2, 0) is 0 Å². The highest BCUT2D eigenvalue weighted by molar-refractivity contribution is 5.42. The standard InChI is InChI=1S/C12H15FN2O2/c1-12(2)8(6-14)10(12)7-4-3-5-9(11(7)13)15(16)17/h3-5,8,10H,6,14H2,1-2H3/t8-,10-/m1/s1. The van der Waals surface area contributed by atoms with E-state index in [0.29, 0.717) is 12.1 Å². The molecule has 2 atom stereocenters. The Kier molecular flexibility index (Phi) is 2.66. The number of nitro benzene ring substituents is 1. The van der Waals surface area contributed by atoms with Crippen LogP contribution < -0.4 is 5.73 Å². The molecule has 0 spiro atoms. The minimum atomic E-state index is -0.716. The molecule has 0 aliphatic heterocycles. The van der Waals surface area contributed by atoms with Crippen molar-refractivity contribution in [2.75, 3.05) is 6.54 Å².